The van der Waals surface area contributed by atoms with Gasteiger partial charge >= 0.3 is 0 Å². The van der Waals surface area contributed by atoms with Crippen LogP contribution in [-0.2, 0) is 6.54 Å². The minimum atomic E-state index is 0.0280. The Morgan fingerprint density at radius 1 is 1.07 bits per heavy atom. The van der Waals surface area contributed by atoms with Gasteiger partial charge in [-0.05, 0) is 63.2 Å². The molecule has 4 rings (SSSR count). The zero-order valence-corrected chi connectivity index (χ0v) is 16.0. The van der Waals surface area contributed by atoms with Gasteiger partial charge in [0, 0.05) is 23.2 Å². The summed E-state index contributed by atoms with van der Waals surface area (Å²) >= 11 is 0. The van der Waals surface area contributed by atoms with Gasteiger partial charge in [-0.2, -0.15) is 0 Å². The molecule has 0 N–H and O–H groups in total. The maximum Gasteiger partial charge on any atom is 0.196 e. The number of piperidine rings is 1. The average molecular weight is 363 g/mol. The lowest BCUT2D eigenvalue weighted by atomic mass is 10.0. The highest BCUT2D eigenvalue weighted by atomic mass is 16.5. The summed E-state index contributed by atoms with van der Waals surface area (Å²) < 4.78 is 11.7. The van der Waals surface area contributed by atoms with E-state index in [1.165, 1.54) is 19.3 Å². The standard InChI is InChI=1S/C23H25NO3/c1-16-22(25)19-8-4-5-9-21(19)27-23(16)17-10-11-20(26-2)18(14-17)15-24-12-6-3-7-13-24/h4-5,8-11,14H,3,6-7,12-13,15H2,1-2H3. The molecule has 2 aromatic carbocycles. The maximum atomic E-state index is 12.8. The molecule has 1 aliphatic heterocycles. The Morgan fingerprint density at radius 3 is 2.63 bits per heavy atom. The van der Waals surface area contributed by atoms with Gasteiger partial charge in [0.15, 0.2) is 5.43 Å². The average Bonchev–Trinajstić information content (AvgIpc) is 2.71. The molecule has 1 fully saturated rings. The molecule has 0 atom stereocenters. The molecule has 0 bridgehead atoms. The molecule has 1 aromatic heterocycles. The van der Waals surface area contributed by atoms with Crippen molar-refractivity contribution >= 4 is 11.0 Å². The van der Waals surface area contributed by atoms with E-state index in [0.717, 1.165) is 36.5 Å². The SMILES string of the molecule is COc1ccc(-c2oc3ccccc3c(=O)c2C)cc1CN1CCCCC1. The van der Waals surface area contributed by atoms with Crippen LogP contribution in [0.15, 0.2) is 51.7 Å². The highest BCUT2D eigenvalue weighted by molar-refractivity contribution is 5.80. The van der Waals surface area contributed by atoms with Crippen molar-refractivity contribution in [3.8, 4) is 17.1 Å². The van der Waals surface area contributed by atoms with Crippen molar-refractivity contribution in [2.75, 3.05) is 20.2 Å². The first-order chi connectivity index (χ1) is 13.2. The molecule has 4 heteroatoms. The van der Waals surface area contributed by atoms with Crippen LogP contribution in [0.3, 0.4) is 0 Å². The summed E-state index contributed by atoms with van der Waals surface area (Å²) in [5.41, 5.74) is 3.34. The van der Waals surface area contributed by atoms with E-state index < -0.39 is 0 Å². The van der Waals surface area contributed by atoms with Gasteiger partial charge < -0.3 is 9.15 Å². The predicted molar refractivity (Wildman–Crippen MR) is 108 cm³/mol. The first-order valence-corrected chi connectivity index (χ1v) is 9.59. The number of benzene rings is 2. The van der Waals surface area contributed by atoms with E-state index in [-0.39, 0.29) is 5.43 Å². The van der Waals surface area contributed by atoms with Crippen LogP contribution in [0.5, 0.6) is 5.75 Å². The quantitative estimate of drug-likeness (QED) is 0.670. The third-order valence-electron chi connectivity index (χ3n) is 5.41. The summed E-state index contributed by atoms with van der Waals surface area (Å²) in [6, 6.07) is 13.5. The number of methoxy groups -OCH3 is 1. The van der Waals surface area contributed by atoms with Crippen molar-refractivity contribution in [1.29, 1.82) is 0 Å². The molecular weight excluding hydrogens is 338 g/mol. The minimum Gasteiger partial charge on any atom is -0.496 e. The van der Waals surface area contributed by atoms with Crippen LogP contribution in [-0.4, -0.2) is 25.1 Å². The molecule has 1 aliphatic rings. The molecule has 3 aromatic rings. The van der Waals surface area contributed by atoms with Gasteiger partial charge in [-0.1, -0.05) is 18.6 Å². The number of hydrogen-bond donors (Lipinski definition) is 0. The van der Waals surface area contributed by atoms with Crippen molar-refractivity contribution in [3.05, 3.63) is 63.8 Å². The van der Waals surface area contributed by atoms with Crippen LogP contribution in [0.2, 0.25) is 0 Å². The van der Waals surface area contributed by atoms with Crippen LogP contribution < -0.4 is 10.2 Å². The van der Waals surface area contributed by atoms with Gasteiger partial charge in [0.25, 0.3) is 0 Å². The first kappa shape index (κ1) is 17.8. The second-order valence-corrected chi connectivity index (χ2v) is 7.24. The molecule has 0 unspecified atom stereocenters. The summed E-state index contributed by atoms with van der Waals surface area (Å²) in [7, 11) is 1.70. The normalized spacial score (nSPS) is 15.2. The fourth-order valence-corrected chi connectivity index (χ4v) is 3.91. The number of rotatable bonds is 4. The number of likely N-dealkylation sites (tertiary alicyclic amines) is 1. The van der Waals surface area contributed by atoms with E-state index in [0.29, 0.717) is 22.3 Å². The van der Waals surface area contributed by atoms with Gasteiger partial charge in [0.1, 0.15) is 17.1 Å². The van der Waals surface area contributed by atoms with E-state index in [1.54, 1.807) is 7.11 Å². The highest BCUT2D eigenvalue weighted by Gasteiger charge is 2.17. The van der Waals surface area contributed by atoms with Crippen LogP contribution in [0.4, 0.5) is 0 Å². The fraction of sp³-hybridized carbons (Fsp3) is 0.348. The molecule has 1 saturated heterocycles. The second kappa shape index (κ2) is 7.57. The molecule has 0 aliphatic carbocycles. The lowest BCUT2D eigenvalue weighted by Crippen LogP contribution is -2.29. The van der Waals surface area contributed by atoms with Crippen molar-refractivity contribution in [3.63, 3.8) is 0 Å². The van der Waals surface area contributed by atoms with Gasteiger partial charge in [0.2, 0.25) is 0 Å². The lowest BCUT2D eigenvalue weighted by molar-refractivity contribution is 0.218. The van der Waals surface area contributed by atoms with Crippen LogP contribution >= 0.6 is 0 Å². The Kier molecular flexibility index (Phi) is 4.99. The number of para-hydroxylation sites is 1. The fourth-order valence-electron chi connectivity index (χ4n) is 3.91. The lowest BCUT2D eigenvalue weighted by Gasteiger charge is -2.27. The third-order valence-corrected chi connectivity index (χ3v) is 5.41. The summed E-state index contributed by atoms with van der Waals surface area (Å²) in [4.78, 5) is 15.2. The molecule has 140 valence electrons. The topological polar surface area (TPSA) is 42.7 Å². The first-order valence-electron chi connectivity index (χ1n) is 9.59. The van der Waals surface area contributed by atoms with E-state index >= 15 is 0 Å². The monoisotopic (exact) mass is 363 g/mol. The zero-order chi connectivity index (χ0) is 18.8. The molecule has 0 saturated carbocycles. The van der Waals surface area contributed by atoms with Gasteiger partial charge in [0.05, 0.1) is 12.5 Å². The molecule has 2 heterocycles. The molecule has 27 heavy (non-hydrogen) atoms. The van der Waals surface area contributed by atoms with Gasteiger partial charge in [-0.15, -0.1) is 0 Å². The summed E-state index contributed by atoms with van der Waals surface area (Å²) in [6.07, 6.45) is 3.82. The Labute approximate surface area is 159 Å². The Morgan fingerprint density at radius 2 is 1.85 bits per heavy atom. The smallest absolute Gasteiger partial charge is 0.196 e. The molecule has 4 nitrogen and oxygen atoms in total. The second-order valence-electron chi connectivity index (χ2n) is 7.24. The van der Waals surface area contributed by atoms with E-state index in [1.807, 2.05) is 43.3 Å². The Hall–Kier alpha value is -2.59. The van der Waals surface area contributed by atoms with Crippen molar-refractivity contribution in [1.82, 2.24) is 4.90 Å². The van der Waals surface area contributed by atoms with E-state index in [9.17, 15) is 4.79 Å². The highest BCUT2D eigenvalue weighted by Crippen LogP contribution is 2.31. The Bertz CT molecular complexity index is 1020. The summed E-state index contributed by atoms with van der Waals surface area (Å²) in [6.45, 7) is 4.94. The van der Waals surface area contributed by atoms with Crippen molar-refractivity contribution in [2.24, 2.45) is 0 Å². The number of fused-ring (bicyclic) bond motifs is 1. The van der Waals surface area contributed by atoms with Crippen molar-refractivity contribution < 1.29 is 9.15 Å². The number of nitrogens with zero attached hydrogens (tertiary/aromatic N) is 1. The van der Waals surface area contributed by atoms with Crippen LogP contribution in [0.1, 0.15) is 30.4 Å². The predicted octanol–water partition coefficient (Wildman–Crippen LogP) is 4.76. The molecule has 0 radical (unpaired) electrons. The van der Waals surface area contributed by atoms with E-state index in [4.69, 9.17) is 9.15 Å². The molecule has 0 amide bonds. The van der Waals surface area contributed by atoms with E-state index in [2.05, 4.69) is 11.0 Å². The van der Waals surface area contributed by atoms with Gasteiger partial charge in [-0.3, -0.25) is 9.69 Å². The summed E-state index contributed by atoms with van der Waals surface area (Å²) in [5, 5.41) is 0.626. The van der Waals surface area contributed by atoms with Gasteiger partial charge in [-0.25, -0.2) is 0 Å². The maximum absolute atomic E-state index is 12.8. The zero-order valence-electron chi connectivity index (χ0n) is 16.0. The molecular formula is C23H25NO3. The largest absolute Gasteiger partial charge is 0.496 e. The minimum absolute atomic E-state index is 0.0280. The summed E-state index contributed by atoms with van der Waals surface area (Å²) in [5.74, 6) is 1.52. The van der Waals surface area contributed by atoms with Crippen LogP contribution in [0, 0.1) is 6.92 Å². The van der Waals surface area contributed by atoms with Crippen molar-refractivity contribution in [2.45, 2.75) is 32.7 Å². The van der Waals surface area contributed by atoms with Crippen LogP contribution in [0.25, 0.3) is 22.3 Å². The number of ether oxygens (including phenoxy) is 1. The third kappa shape index (κ3) is 3.50. The number of hydrogen-bond acceptors (Lipinski definition) is 4. The Balaban J connectivity index is 1.78. The molecule has 0 spiro atoms.